The van der Waals surface area contributed by atoms with E-state index in [0.29, 0.717) is 0 Å². The minimum atomic E-state index is -1.08. The summed E-state index contributed by atoms with van der Waals surface area (Å²) in [5.41, 5.74) is 0. The zero-order valence-corrected chi connectivity index (χ0v) is 14.4. The topological polar surface area (TPSA) is 43.1 Å². The van der Waals surface area contributed by atoms with Gasteiger partial charge in [0.25, 0.3) is 0 Å². The van der Waals surface area contributed by atoms with Crippen LogP contribution in [0.5, 0.6) is 0 Å². The number of aliphatic carboxylic acids is 1. The summed E-state index contributed by atoms with van der Waals surface area (Å²) >= 11 is 0. The van der Waals surface area contributed by atoms with E-state index in [1.54, 1.807) is 0 Å². The Morgan fingerprint density at radius 2 is 1.62 bits per heavy atom. The fraction of sp³-hybridized carbons (Fsp3) is 0.889. The molecule has 0 amide bonds. The monoisotopic (exact) mass is 297 g/mol. The first kappa shape index (κ1) is 20.1. The molecule has 0 fully saturated rings. The van der Waals surface area contributed by atoms with Gasteiger partial charge in [0.2, 0.25) is 0 Å². The molecule has 1 atom stereocenters. The second kappa shape index (κ2) is 14.1. The van der Waals surface area contributed by atoms with Gasteiger partial charge in [-0.25, -0.2) is 4.58 Å². The predicted octanol–water partition coefficient (Wildman–Crippen LogP) is 3.40. The SMILES string of the molecule is CC(=O)[O-].CCCCCCCCCC[N+]1=CC(CC)CC1. The van der Waals surface area contributed by atoms with Crippen molar-refractivity contribution in [1.29, 1.82) is 0 Å². The van der Waals surface area contributed by atoms with Gasteiger partial charge in [-0.15, -0.1) is 0 Å². The maximum Gasteiger partial charge on any atom is 0.143 e. The molecule has 124 valence electrons. The van der Waals surface area contributed by atoms with Crippen molar-refractivity contribution in [2.45, 2.75) is 85.0 Å². The molecule has 0 bridgehead atoms. The summed E-state index contributed by atoms with van der Waals surface area (Å²) in [6.45, 7) is 8.19. The van der Waals surface area contributed by atoms with Gasteiger partial charge >= 0.3 is 0 Å². The second-order valence-corrected chi connectivity index (χ2v) is 6.11. The Balaban J connectivity index is 0.000000885. The van der Waals surface area contributed by atoms with Gasteiger partial charge < -0.3 is 9.90 Å². The second-order valence-electron chi connectivity index (χ2n) is 6.11. The van der Waals surface area contributed by atoms with Gasteiger partial charge in [-0.05, 0) is 19.8 Å². The summed E-state index contributed by atoms with van der Waals surface area (Å²) in [6, 6.07) is 0. The van der Waals surface area contributed by atoms with Crippen molar-refractivity contribution in [2.75, 3.05) is 13.1 Å². The molecular weight excluding hydrogens is 262 g/mol. The molecule has 1 unspecified atom stereocenters. The van der Waals surface area contributed by atoms with E-state index in [0.717, 1.165) is 12.8 Å². The number of carbonyl (C=O) groups excluding carboxylic acids is 1. The fourth-order valence-corrected chi connectivity index (χ4v) is 2.72. The van der Waals surface area contributed by atoms with Crippen molar-refractivity contribution >= 4 is 12.2 Å². The van der Waals surface area contributed by atoms with Crippen LogP contribution >= 0.6 is 0 Å². The Labute approximate surface area is 131 Å². The lowest BCUT2D eigenvalue weighted by atomic mass is 10.1. The zero-order chi connectivity index (χ0) is 15.9. The molecule has 0 aromatic carbocycles. The van der Waals surface area contributed by atoms with E-state index in [2.05, 4.69) is 24.6 Å². The summed E-state index contributed by atoms with van der Waals surface area (Å²) in [4.78, 5) is 8.89. The van der Waals surface area contributed by atoms with Crippen molar-refractivity contribution in [1.82, 2.24) is 0 Å². The third kappa shape index (κ3) is 13.9. The van der Waals surface area contributed by atoms with Crippen molar-refractivity contribution in [3.8, 4) is 0 Å². The first-order chi connectivity index (χ1) is 10.1. The maximum atomic E-state index is 8.89. The van der Waals surface area contributed by atoms with E-state index in [1.165, 1.54) is 77.3 Å². The van der Waals surface area contributed by atoms with Crippen LogP contribution in [-0.2, 0) is 4.79 Å². The summed E-state index contributed by atoms with van der Waals surface area (Å²) in [5, 5.41) is 8.89. The van der Waals surface area contributed by atoms with E-state index < -0.39 is 5.97 Å². The summed E-state index contributed by atoms with van der Waals surface area (Å²) < 4.78 is 2.56. The minimum absolute atomic E-state index is 0.879. The first-order valence-corrected chi connectivity index (χ1v) is 8.86. The van der Waals surface area contributed by atoms with E-state index in [4.69, 9.17) is 9.90 Å². The Morgan fingerprint density at radius 1 is 1.10 bits per heavy atom. The smallest absolute Gasteiger partial charge is 0.143 e. The van der Waals surface area contributed by atoms with Crippen molar-refractivity contribution < 1.29 is 14.5 Å². The molecule has 0 aromatic heterocycles. The molecule has 21 heavy (non-hydrogen) atoms. The molecule has 0 N–H and O–H groups in total. The number of carboxylic acids is 1. The van der Waals surface area contributed by atoms with Gasteiger partial charge in [0, 0.05) is 24.7 Å². The standard InChI is InChI=1S/C16H32N.C2H4O2/c1-3-5-6-7-8-9-10-11-13-17-14-12-16(4-2)15-17;1-2(3)4/h15-16H,3-14H2,1-2H3;1H3,(H,3,4)/q+1;/p-1. The summed E-state index contributed by atoms with van der Waals surface area (Å²) in [6.07, 6.45) is 16.7. The van der Waals surface area contributed by atoms with Crippen LogP contribution in [0.2, 0.25) is 0 Å². The highest BCUT2D eigenvalue weighted by Crippen LogP contribution is 2.12. The average molecular weight is 297 g/mol. The molecule has 0 aromatic rings. The molecule has 0 spiro atoms. The van der Waals surface area contributed by atoms with Gasteiger partial charge in [-0.1, -0.05) is 52.4 Å². The van der Waals surface area contributed by atoms with E-state index >= 15 is 0 Å². The van der Waals surface area contributed by atoms with Crippen LogP contribution in [0.1, 0.15) is 85.0 Å². The lowest BCUT2D eigenvalue weighted by Gasteiger charge is -2.00. The molecule has 3 heteroatoms. The minimum Gasteiger partial charge on any atom is -0.550 e. The molecule has 0 radical (unpaired) electrons. The molecule has 1 heterocycles. The molecule has 3 nitrogen and oxygen atoms in total. The molecular formula is C18H35NO2. The lowest BCUT2D eigenvalue weighted by molar-refractivity contribution is -0.516. The molecule has 1 rings (SSSR count). The molecule has 1 aliphatic heterocycles. The van der Waals surface area contributed by atoms with Gasteiger partial charge in [0.15, 0.2) is 0 Å². The normalized spacial score (nSPS) is 17.1. The van der Waals surface area contributed by atoms with Crippen LogP contribution in [-0.4, -0.2) is 29.8 Å². The Morgan fingerprint density at radius 3 is 2.10 bits per heavy atom. The average Bonchev–Trinajstić information content (AvgIpc) is 2.89. The van der Waals surface area contributed by atoms with Crippen LogP contribution in [0.3, 0.4) is 0 Å². The predicted molar refractivity (Wildman–Crippen MR) is 87.7 cm³/mol. The van der Waals surface area contributed by atoms with Crippen LogP contribution < -0.4 is 5.11 Å². The van der Waals surface area contributed by atoms with Gasteiger partial charge in [-0.3, -0.25) is 0 Å². The van der Waals surface area contributed by atoms with E-state index in [9.17, 15) is 0 Å². The molecule has 0 saturated carbocycles. The van der Waals surface area contributed by atoms with E-state index in [-0.39, 0.29) is 0 Å². The van der Waals surface area contributed by atoms with Crippen LogP contribution in [0.15, 0.2) is 0 Å². The third-order valence-electron chi connectivity index (χ3n) is 4.03. The van der Waals surface area contributed by atoms with Gasteiger partial charge in [0.05, 0.1) is 0 Å². The van der Waals surface area contributed by atoms with Crippen molar-refractivity contribution in [3.63, 3.8) is 0 Å². The van der Waals surface area contributed by atoms with Gasteiger partial charge in [-0.2, -0.15) is 0 Å². The van der Waals surface area contributed by atoms with Crippen molar-refractivity contribution in [2.24, 2.45) is 5.92 Å². The third-order valence-corrected chi connectivity index (χ3v) is 4.03. The highest BCUT2D eigenvalue weighted by atomic mass is 16.4. The maximum absolute atomic E-state index is 8.89. The van der Waals surface area contributed by atoms with Gasteiger partial charge in [0.1, 0.15) is 19.3 Å². The van der Waals surface area contributed by atoms with Crippen LogP contribution in [0.4, 0.5) is 0 Å². The fourth-order valence-electron chi connectivity index (χ4n) is 2.72. The highest BCUT2D eigenvalue weighted by molar-refractivity contribution is 5.60. The van der Waals surface area contributed by atoms with Crippen molar-refractivity contribution in [3.05, 3.63) is 0 Å². The lowest BCUT2D eigenvalue weighted by Crippen LogP contribution is -2.16. The van der Waals surface area contributed by atoms with E-state index in [1.807, 2.05) is 0 Å². The zero-order valence-electron chi connectivity index (χ0n) is 14.4. The number of hydrogen-bond donors (Lipinski definition) is 0. The molecule has 0 aliphatic carbocycles. The molecule has 1 aliphatic rings. The molecule has 0 saturated heterocycles. The Bertz CT molecular complexity index is 283. The number of unbranched alkanes of at least 4 members (excludes halogenated alkanes) is 7. The quantitative estimate of drug-likeness (QED) is 0.458. The Hall–Kier alpha value is -0.860. The number of carboxylic acid groups (broad SMARTS) is 1. The summed E-state index contributed by atoms with van der Waals surface area (Å²) in [5.74, 6) is -0.205. The highest BCUT2D eigenvalue weighted by Gasteiger charge is 2.19. The number of nitrogens with zero attached hydrogens (tertiary/aromatic N) is 1. The largest absolute Gasteiger partial charge is 0.550 e. The number of rotatable bonds is 10. The number of hydrogen-bond acceptors (Lipinski definition) is 2. The van der Waals surface area contributed by atoms with Crippen LogP contribution in [0, 0.1) is 5.92 Å². The summed E-state index contributed by atoms with van der Waals surface area (Å²) in [7, 11) is 0. The van der Waals surface area contributed by atoms with Crippen LogP contribution in [0.25, 0.3) is 0 Å². The first-order valence-electron chi connectivity index (χ1n) is 8.86. The Kier molecular flexibility index (Phi) is 13.5. The number of carbonyl (C=O) groups is 1.